The summed E-state index contributed by atoms with van der Waals surface area (Å²) in [5, 5.41) is 2.86. The molecule has 2 fully saturated rings. The van der Waals surface area contributed by atoms with Crippen LogP contribution >= 0.6 is 0 Å². The van der Waals surface area contributed by atoms with Gasteiger partial charge >= 0.3 is 0 Å². The van der Waals surface area contributed by atoms with E-state index in [1.807, 2.05) is 65.4 Å². The molecule has 0 unspecified atom stereocenters. The number of benzene rings is 2. The first-order valence-corrected chi connectivity index (χ1v) is 16.1. The molecule has 1 N–H and O–H groups in total. The Hall–Kier alpha value is -4.47. The molecule has 0 saturated carbocycles. The number of rotatable bonds is 8. The minimum atomic E-state index is -0.608. The van der Waals surface area contributed by atoms with E-state index in [1.54, 1.807) is 0 Å². The van der Waals surface area contributed by atoms with Gasteiger partial charge in [0, 0.05) is 81.2 Å². The third kappa shape index (κ3) is 6.50. The highest BCUT2D eigenvalue weighted by Gasteiger charge is 2.28. The Bertz CT molecular complexity index is 1620. The van der Waals surface area contributed by atoms with Crippen molar-refractivity contribution in [3.63, 3.8) is 0 Å². The van der Waals surface area contributed by atoms with E-state index >= 15 is 0 Å². The van der Waals surface area contributed by atoms with Crippen LogP contribution in [0.15, 0.2) is 79.0 Å². The molecule has 9 heteroatoms. The van der Waals surface area contributed by atoms with Crippen LogP contribution in [0.25, 0.3) is 11.1 Å². The second kappa shape index (κ2) is 13.3. The largest absolute Gasteiger partial charge is 0.379 e. The number of pyridine rings is 1. The summed E-state index contributed by atoms with van der Waals surface area (Å²) in [5.74, 6) is -0.0869. The second-order valence-corrected chi connectivity index (χ2v) is 12.1. The molecule has 2 saturated heterocycles. The van der Waals surface area contributed by atoms with Crippen LogP contribution in [0.2, 0.25) is 0 Å². The van der Waals surface area contributed by atoms with Crippen molar-refractivity contribution in [3.8, 4) is 11.1 Å². The highest BCUT2D eigenvalue weighted by molar-refractivity contribution is 6.47. The Labute approximate surface area is 264 Å². The quantitative estimate of drug-likeness (QED) is 0.227. The molecule has 5 heterocycles. The number of amides is 1. The van der Waals surface area contributed by atoms with Gasteiger partial charge in [0.05, 0.1) is 13.2 Å². The van der Waals surface area contributed by atoms with Crippen LogP contribution in [-0.2, 0) is 29.0 Å². The van der Waals surface area contributed by atoms with Crippen molar-refractivity contribution in [1.82, 2.24) is 14.5 Å². The Morgan fingerprint density at radius 3 is 2.29 bits per heavy atom. The molecule has 1 amide bonds. The van der Waals surface area contributed by atoms with Crippen LogP contribution in [0, 0.1) is 0 Å². The van der Waals surface area contributed by atoms with Gasteiger partial charge in [0.2, 0.25) is 0 Å². The smallest absolute Gasteiger partial charge is 0.298 e. The number of ketones is 1. The normalized spacial score (nSPS) is 17.2. The van der Waals surface area contributed by atoms with Crippen molar-refractivity contribution in [2.75, 3.05) is 67.6 Å². The number of carbonyl (C=O) groups excluding carboxylic acids is 2. The van der Waals surface area contributed by atoms with Crippen LogP contribution in [0.4, 0.5) is 17.2 Å². The lowest BCUT2D eigenvalue weighted by Crippen LogP contribution is -2.46. The Morgan fingerprint density at radius 1 is 0.800 bits per heavy atom. The van der Waals surface area contributed by atoms with Gasteiger partial charge in [-0.15, -0.1) is 0 Å². The number of anilines is 3. The van der Waals surface area contributed by atoms with Gasteiger partial charge in [-0.05, 0) is 66.8 Å². The number of nitrogens with zero attached hydrogens (tertiary/aromatic N) is 5. The van der Waals surface area contributed by atoms with Crippen molar-refractivity contribution < 1.29 is 14.3 Å². The lowest BCUT2D eigenvalue weighted by molar-refractivity contribution is -0.112. The van der Waals surface area contributed by atoms with Crippen LogP contribution in [-0.4, -0.2) is 78.6 Å². The third-order valence-electron chi connectivity index (χ3n) is 9.17. The highest BCUT2D eigenvalue weighted by Crippen LogP contribution is 2.32. The van der Waals surface area contributed by atoms with Crippen molar-refractivity contribution in [2.45, 2.75) is 32.4 Å². The number of nitrogens with one attached hydrogen (secondary N) is 1. The number of carbonyl (C=O) groups is 2. The number of piperazine rings is 1. The molecule has 3 aliphatic heterocycles. The number of morpholine rings is 1. The first-order valence-electron chi connectivity index (χ1n) is 16.1. The Morgan fingerprint density at radius 2 is 1.56 bits per heavy atom. The van der Waals surface area contributed by atoms with E-state index in [2.05, 4.69) is 38.2 Å². The van der Waals surface area contributed by atoms with Crippen LogP contribution in [0.5, 0.6) is 0 Å². The predicted molar refractivity (Wildman–Crippen MR) is 177 cm³/mol. The summed E-state index contributed by atoms with van der Waals surface area (Å²) in [6.45, 7) is 8.75. The first kappa shape index (κ1) is 29.3. The van der Waals surface area contributed by atoms with E-state index < -0.39 is 11.7 Å². The summed E-state index contributed by atoms with van der Waals surface area (Å²) in [5.41, 5.74) is 6.35. The van der Waals surface area contributed by atoms with Crippen molar-refractivity contribution >= 4 is 28.9 Å². The number of aryl methyl sites for hydroxylation is 1. The van der Waals surface area contributed by atoms with Crippen LogP contribution in [0.1, 0.15) is 34.6 Å². The molecule has 45 heavy (non-hydrogen) atoms. The first-order chi connectivity index (χ1) is 22.1. The van der Waals surface area contributed by atoms with Crippen molar-refractivity contribution in [1.29, 1.82) is 0 Å². The summed E-state index contributed by atoms with van der Waals surface area (Å²) in [6.07, 6.45) is 5.02. The van der Waals surface area contributed by atoms with Crippen LogP contribution in [0.3, 0.4) is 0 Å². The van der Waals surface area contributed by atoms with Gasteiger partial charge in [-0.3, -0.25) is 14.5 Å². The fourth-order valence-corrected chi connectivity index (χ4v) is 6.68. The van der Waals surface area contributed by atoms with Crippen molar-refractivity contribution in [3.05, 3.63) is 95.9 Å². The fraction of sp³-hybridized carbons (Fsp3) is 0.361. The molecule has 3 aliphatic rings. The average molecular weight is 605 g/mol. The predicted octanol–water partition coefficient (Wildman–Crippen LogP) is 4.87. The van der Waals surface area contributed by atoms with E-state index in [0.29, 0.717) is 11.4 Å². The highest BCUT2D eigenvalue weighted by atomic mass is 16.5. The molecule has 0 atom stereocenters. The van der Waals surface area contributed by atoms with Crippen molar-refractivity contribution in [2.24, 2.45) is 0 Å². The van der Waals surface area contributed by atoms with Gasteiger partial charge < -0.3 is 24.4 Å². The molecule has 0 aliphatic carbocycles. The number of hydrogen-bond acceptors (Lipinski definition) is 7. The maximum absolute atomic E-state index is 13.6. The molecule has 232 valence electrons. The molecule has 0 radical (unpaired) electrons. The Balaban J connectivity index is 0.957. The zero-order chi connectivity index (χ0) is 30.6. The number of hydrogen-bond donors (Lipinski definition) is 1. The summed E-state index contributed by atoms with van der Waals surface area (Å²) in [7, 11) is 0. The summed E-state index contributed by atoms with van der Waals surface area (Å²) >= 11 is 0. The van der Waals surface area contributed by atoms with E-state index in [4.69, 9.17) is 9.72 Å². The third-order valence-corrected chi connectivity index (χ3v) is 9.17. The molecule has 2 aromatic carbocycles. The van der Waals surface area contributed by atoms with Gasteiger partial charge in [0.25, 0.3) is 11.7 Å². The molecular weight excluding hydrogens is 564 g/mol. The number of Topliss-reactive ketones (excluding diaryl/α,β-unsaturated/α-hetero) is 1. The zero-order valence-corrected chi connectivity index (χ0v) is 25.7. The standard InChI is InChI=1S/C36H40N6O3/c43-35(34-32(28-6-2-1-3-7-28)24-31-8-4-5-15-42(31)34)36(44)38-29-10-12-30(13-11-29)40-16-18-41(19-17-40)33-14-9-27(25-37-33)26-39-20-22-45-23-21-39/h1-3,6-7,9-14,24-25H,4-5,8,15-23,26H2,(H,38,44). The average Bonchev–Trinajstić information content (AvgIpc) is 3.49. The number of ether oxygens (including phenoxy) is 1. The summed E-state index contributed by atoms with van der Waals surface area (Å²) in [4.78, 5) is 38.7. The zero-order valence-electron chi connectivity index (χ0n) is 25.7. The minimum absolute atomic E-state index is 0.490. The Kier molecular flexibility index (Phi) is 8.62. The number of fused-ring (bicyclic) bond motifs is 1. The molecule has 7 rings (SSSR count). The molecular formula is C36H40N6O3. The van der Waals surface area contributed by atoms with Gasteiger partial charge in [-0.1, -0.05) is 36.4 Å². The minimum Gasteiger partial charge on any atom is -0.379 e. The van der Waals surface area contributed by atoms with Crippen LogP contribution < -0.4 is 15.1 Å². The van der Waals surface area contributed by atoms with E-state index in [-0.39, 0.29) is 0 Å². The molecule has 4 aromatic rings. The SMILES string of the molecule is O=C(Nc1ccc(N2CCN(c3ccc(CN4CCOCC4)cn3)CC2)cc1)C(=O)c1c(-c2ccccc2)cc2n1CCCC2. The van der Waals surface area contributed by atoms with Gasteiger partial charge in [-0.25, -0.2) is 4.98 Å². The lowest BCUT2D eigenvalue weighted by atomic mass is 10.0. The maximum Gasteiger partial charge on any atom is 0.298 e. The van der Waals surface area contributed by atoms with Gasteiger partial charge in [0.15, 0.2) is 0 Å². The molecule has 0 bridgehead atoms. The second-order valence-electron chi connectivity index (χ2n) is 12.1. The van der Waals surface area contributed by atoms with Gasteiger partial charge in [0.1, 0.15) is 11.5 Å². The molecule has 2 aromatic heterocycles. The monoisotopic (exact) mass is 604 g/mol. The number of aromatic nitrogens is 2. The van der Waals surface area contributed by atoms with E-state index in [1.165, 1.54) is 5.56 Å². The fourth-order valence-electron chi connectivity index (χ4n) is 6.68. The van der Waals surface area contributed by atoms with E-state index in [0.717, 1.165) is 113 Å². The molecule has 0 spiro atoms. The maximum atomic E-state index is 13.6. The summed E-state index contributed by atoms with van der Waals surface area (Å²) in [6, 6.07) is 24.1. The van der Waals surface area contributed by atoms with E-state index in [9.17, 15) is 9.59 Å². The summed E-state index contributed by atoms with van der Waals surface area (Å²) < 4.78 is 7.50. The van der Waals surface area contributed by atoms with Gasteiger partial charge in [-0.2, -0.15) is 0 Å². The molecule has 9 nitrogen and oxygen atoms in total. The topological polar surface area (TPSA) is 82.9 Å². The lowest BCUT2D eigenvalue weighted by Gasteiger charge is -2.37.